The first-order chi connectivity index (χ1) is 11.5. The van der Waals surface area contributed by atoms with E-state index in [4.69, 9.17) is 48.1 Å². The molecule has 6 nitrogen and oxygen atoms in total. The number of hydrogen-bond acceptors (Lipinski definition) is 3. The van der Waals surface area contributed by atoms with Gasteiger partial charge in [0.05, 0.1) is 0 Å². The van der Waals surface area contributed by atoms with Gasteiger partial charge in [0.25, 0.3) is 0 Å². The van der Waals surface area contributed by atoms with Crippen LogP contribution in [0.5, 0.6) is 0 Å². The van der Waals surface area contributed by atoms with E-state index >= 15 is 0 Å². The minimum Gasteiger partial charge on any atom is -0.376 e. The summed E-state index contributed by atoms with van der Waals surface area (Å²) >= 11 is 14.7. The Kier molecular flexibility index (Phi) is 16.3. The molecule has 0 aliphatic carbocycles. The maximum Gasteiger partial charge on any atom is 0.166 e. The van der Waals surface area contributed by atoms with Crippen LogP contribution in [0.25, 0.3) is 0 Å². The molecular weight excluding hydrogens is 360 g/mol. The van der Waals surface area contributed by atoms with E-state index in [0.717, 1.165) is 57.0 Å². The van der Waals surface area contributed by atoms with E-state index in [1.54, 1.807) is 0 Å². The minimum absolute atomic E-state index is 0.379. The van der Waals surface area contributed by atoms with Crippen LogP contribution in [0.15, 0.2) is 0 Å². The predicted molar refractivity (Wildman–Crippen MR) is 115 cm³/mol. The molecule has 0 fully saturated rings. The highest BCUT2D eigenvalue weighted by Gasteiger charge is 1.96. The molecular formula is C15H32N6S3. The summed E-state index contributed by atoms with van der Waals surface area (Å²) in [6, 6.07) is 0. The average molecular weight is 393 g/mol. The summed E-state index contributed by atoms with van der Waals surface area (Å²) in [6.45, 7) is 3.55. The fourth-order valence-electron chi connectivity index (χ4n) is 2.10. The molecule has 0 spiro atoms. The molecule has 8 N–H and O–H groups in total. The van der Waals surface area contributed by atoms with E-state index in [1.165, 1.54) is 25.7 Å². The van der Waals surface area contributed by atoms with Crippen molar-refractivity contribution in [3.8, 4) is 0 Å². The van der Waals surface area contributed by atoms with Crippen LogP contribution < -0.4 is 32.7 Å². The van der Waals surface area contributed by atoms with Crippen molar-refractivity contribution < 1.29 is 0 Å². The minimum atomic E-state index is 0.379. The average Bonchev–Trinajstić information content (AvgIpc) is 2.51. The molecule has 0 heterocycles. The highest BCUT2D eigenvalue weighted by Crippen LogP contribution is 1.99. The van der Waals surface area contributed by atoms with Gasteiger partial charge in [0.1, 0.15) is 0 Å². The quantitative estimate of drug-likeness (QED) is 0.193. The molecule has 0 atom stereocenters. The molecule has 0 aromatic rings. The second-order valence-corrected chi connectivity index (χ2v) is 6.88. The van der Waals surface area contributed by atoms with E-state index in [0.29, 0.717) is 10.2 Å². The number of rotatable bonds is 14. The van der Waals surface area contributed by atoms with E-state index in [9.17, 15) is 0 Å². The maximum absolute atomic E-state index is 5.36. The standard InChI is InChI=1S/C15H32N6S3/c16-13(22)18-9-5-1-3-7-11-20-15(24)21-12-8-4-2-6-10-19-14(17)23/h1-12H2,(H3,16,18,22)(H3,17,19,23)(H2,20,21,24). The van der Waals surface area contributed by atoms with E-state index in [2.05, 4.69) is 21.3 Å². The van der Waals surface area contributed by atoms with Crippen molar-refractivity contribution in [3.63, 3.8) is 0 Å². The van der Waals surface area contributed by atoms with Gasteiger partial charge in [0, 0.05) is 26.2 Å². The summed E-state index contributed by atoms with van der Waals surface area (Å²) in [5, 5.41) is 13.9. The van der Waals surface area contributed by atoms with E-state index < -0.39 is 0 Å². The molecule has 0 amide bonds. The molecule has 24 heavy (non-hydrogen) atoms. The Balaban J connectivity index is 3.21. The third kappa shape index (κ3) is 19.1. The van der Waals surface area contributed by atoms with Crippen molar-refractivity contribution in [2.45, 2.75) is 51.4 Å². The van der Waals surface area contributed by atoms with Gasteiger partial charge in [-0.15, -0.1) is 0 Å². The van der Waals surface area contributed by atoms with Crippen molar-refractivity contribution >= 4 is 52.0 Å². The molecule has 0 aliphatic heterocycles. The van der Waals surface area contributed by atoms with Crippen LogP contribution in [0.1, 0.15) is 51.4 Å². The number of thiocarbonyl (C=S) groups is 3. The number of nitrogens with one attached hydrogen (secondary N) is 4. The first-order valence-corrected chi connectivity index (χ1v) is 9.83. The zero-order valence-corrected chi connectivity index (χ0v) is 16.8. The monoisotopic (exact) mass is 392 g/mol. The van der Waals surface area contributed by atoms with Gasteiger partial charge >= 0.3 is 0 Å². The summed E-state index contributed by atoms with van der Waals surface area (Å²) in [7, 11) is 0. The first kappa shape index (κ1) is 23.1. The topological polar surface area (TPSA) is 100 Å². The summed E-state index contributed by atoms with van der Waals surface area (Å²) in [5.41, 5.74) is 10.7. The van der Waals surface area contributed by atoms with Gasteiger partial charge in [-0.3, -0.25) is 0 Å². The molecule has 0 aromatic carbocycles. The smallest absolute Gasteiger partial charge is 0.166 e. The SMILES string of the molecule is NC(=S)NCCCCCCNC(=S)NCCCCCCNC(N)=S. The molecule has 0 radical (unpaired) electrons. The van der Waals surface area contributed by atoms with Gasteiger partial charge in [-0.25, -0.2) is 0 Å². The third-order valence-electron chi connectivity index (χ3n) is 3.38. The second kappa shape index (κ2) is 16.9. The van der Waals surface area contributed by atoms with Crippen molar-refractivity contribution in [2.24, 2.45) is 11.5 Å². The zero-order chi connectivity index (χ0) is 18.0. The Morgan fingerprint density at radius 1 is 0.500 bits per heavy atom. The molecule has 0 aliphatic rings. The highest BCUT2D eigenvalue weighted by molar-refractivity contribution is 7.80. The predicted octanol–water partition coefficient (Wildman–Crippen LogP) is 1.24. The summed E-state index contributed by atoms with van der Waals surface area (Å²) in [4.78, 5) is 0. The van der Waals surface area contributed by atoms with E-state index in [1.807, 2.05) is 0 Å². The number of unbranched alkanes of at least 4 members (excludes halogenated alkanes) is 6. The van der Waals surface area contributed by atoms with Gasteiger partial charge in [-0.05, 0) is 62.3 Å². The molecule has 0 bridgehead atoms. The van der Waals surface area contributed by atoms with Crippen molar-refractivity contribution in [2.75, 3.05) is 26.2 Å². The Morgan fingerprint density at radius 2 is 0.792 bits per heavy atom. The Labute approximate surface area is 162 Å². The number of nitrogens with two attached hydrogens (primary N) is 2. The van der Waals surface area contributed by atoms with Crippen LogP contribution in [-0.2, 0) is 0 Å². The molecule has 0 saturated heterocycles. The van der Waals surface area contributed by atoms with Crippen LogP contribution in [0, 0.1) is 0 Å². The first-order valence-electron chi connectivity index (χ1n) is 8.60. The Hall–Kier alpha value is -0.930. The maximum atomic E-state index is 5.36. The fraction of sp³-hybridized carbons (Fsp3) is 0.800. The fourth-order valence-corrected chi connectivity index (χ4v) is 2.50. The summed E-state index contributed by atoms with van der Waals surface area (Å²) in [6.07, 6.45) is 9.10. The highest BCUT2D eigenvalue weighted by atomic mass is 32.1. The van der Waals surface area contributed by atoms with Crippen molar-refractivity contribution in [3.05, 3.63) is 0 Å². The normalized spacial score (nSPS) is 10.0. The van der Waals surface area contributed by atoms with Crippen LogP contribution >= 0.6 is 36.7 Å². The van der Waals surface area contributed by atoms with Gasteiger partial charge in [-0.1, -0.05) is 25.7 Å². The third-order valence-corrected chi connectivity index (χ3v) is 3.95. The second-order valence-electron chi connectivity index (χ2n) is 5.59. The lowest BCUT2D eigenvalue weighted by atomic mass is 10.2. The van der Waals surface area contributed by atoms with Gasteiger partial charge in [0.15, 0.2) is 15.3 Å². The van der Waals surface area contributed by atoms with Crippen molar-refractivity contribution in [1.82, 2.24) is 21.3 Å². The van der Waals surface area contributed by atoms with Gasteiger partial charge in [-0.2, -0.15) is 0 Å². The van der Waals surface area contributed by atoms with Crippen molar-refractivity contribution in [1.29, 1.82) is 0 Å². The molecule has 140 valence electrons. The summed E-state index contributed by atoms with van der Waals surface area (Å²) < 4.78 is 0. The van der Waals surface area contributed by atoms with Gasteiger partial charge in [0.2, 0.25) is 0 Å². The molecule has 0 unspecified atom stereocenters. The lowest BCUT2D eigenvalue weighted by Gasteiger charge is -2.10. The van der Waals surface area contributed by atoms with Crippen LogP contribution in [0.3, 0.4) is 0 Å². The van der Waals surface area contributed by atoms with Gasteiger partial charge < -0.3 is 32.7 Å². The van der Waals surface area contributed by atoms with E-state index in [-0.39, 0.29) is 0 Å². The van der Waals surface area contributed by atoms with Crippen LogP contribution in [0.4, 0.5) is 0 Å². The zero-order valence-electron chi connectivity index (χ0n) is 14.4. The molecule has 0 aromatic heterocycles. The largest absolute Gasteiger partial charge is 0.376 e. The molecule has 0 rings (SSSR count). The number of hydrogen-bond donors (Lipinski definition) is 6. The lowest BCUT2D eigenvalue weighted by molar-refractivity contribution is 0.611. The van der Waals surface area contributed by atoms with Crippen LogP contribution in [-0.4, -0.2) is 41.5 Å². The summed E-state index contributed by atoms with van der Waals surface area (Å²) in [5.74, 6) is 0. The molecule has 0 saturated carbocycles. The van der Waals surface area contributed by atoms with Crippen LogP contribution in [0.2, 0.25) is 0 Å². The molecule has 9 heteroatoms. The Morgan fingerprint density at radius 3 is 1.08 bits per heavy atom. The lowest BCUT2D eigenvalue weighted by Crippen LogP contribution is -2.36. The Bertz CT molecular complexity index is 333.